The quantitative estimate of drug-likeness (QED) is 0.826. The number of H-pyrrole nitrogens is 1. The Morgan fingerprint density at radius 3 is 2.95 bits per heavy atom. The van der Waals surface area contributed by atoms with Gasteiger partial charge >= 0.3 is 6.18 Å². The second kappa shape index (κ2) is 5.32. The summed E-state index contributed by atoms with van der Waals surface area (Å²) in [4.78, 5) is 13.7. The third kappa shape index (κ3) is 2.76. The van der Waals surface area contributed by atoms with Gasteiger partial charge in [-0.25, -0.2) is 0 Å². The number of likely N-dealkylation sites (tertiary alicyclic amines) is 1. The summed E-state index contributed by atoms with van der Waals surface area (Å²) in [5.74, 6) is -1.83. The lowest BCUT2D eigenvalue weighted by atomic mass is 9.97. The van der Waals surface area contributed by atoms with Crippen LogP contribution in [-0.4, -0.2) is 46.8 Å². The van der Waals surface area contributed by atoms with Gasteiger partial charge in [0.1, 0.15) is 0 Å². The molecule has 2 aliphatic heterocycles. The Hall–Kier alpha value is -1.57. The summed E-state index contributed by atoms with van der Waals surface area (Å²) in [6.07, 6.45) is -3.03. The Balaban J connectivity index is 1.77. The number of aromatic nitrogens is 2. The van der Waals surface area contributed by atoms with E-state index in [0.29, 0.717) is 19.5 Å². The zero-order valence-electron chi connectivity index (χ0n) is 11.5. The average molecular weight is 302 g/mol. The minimum Gasteiger partial charge on any atom is -0.337 e. The lowest BCUT2D eigenvalue weighted by Crippen LogP contribution is -2.45. The van der Waals surface area contributed by atoms with Gasteiger partial charge in [-0.1, -0.05) is 0 Å². The molecule has 2 aliphatic rings. The first-order valence-corrected chi connectivity index (χ1v) is 7.09. The molecule has 8 heteroatoms. The molecular formula is C13H17F3N4O. The fraction of sp³-hybridized carbons (Fsp3) is 0.692. The molecule has 1 aromatic rings. The lowest BCUT2D eigenvalue weighted by molar-refractivity contribution is -0.184. The highest BCUT2D eigenvalue weighted by atomic mass is 19.4. The summed E-state index contributed by atoms with van der Waals surface area (Å²) < 4.78 is 38.5. The van der Waals surface area contributed by atoms with Crippen molar-refractivity contribution in [1.82, 2.24) is 20.4 Å². The first-order valence-electron chi connectivity index (χ1n) is 7.09. The van der Waals surface area contributed by atoms with Crippen molar-refractivity contribution in [3.8, 4) is 0 Å². The number of piperidine rings is 1. The van der Waals surface area contributed by atoms with Crippen molar-refractivity contribution in [3.05, 3.63) is 17.0 Å². The van der Waals surface area contributed by atoms with Gasteiger partial charge in [0.2, 0.25) is 0 Å². The number of aromatic amines is 1. The van der Waals surface area contributed by atoms with Crippen LogP contribution in [0.5, 0.6) is 0 Å². The predicted molar refractivity (Wildman–Crippen MR) is 68.7 cm³/mol. The maximum atomic E-state index is 12.8. The Morgan fingerprint density at radius 2 is 2.19 bits per heavy atom. The van der Waals surface area contributed by atoms with Crippen LogP contribution in [-0.2, 0) is 13.0 Å². The smallest absolute Gasteiger partial charge is 0.337 e. The molecule has 1 aromatic heterocycles. The van der Waals surface area contributed by atoms with Gasteiger partial charge in [-0.2, -0.15) is 18.3 Å². The van der Waals surface area contributed by atoms with Crippen LogP contribution >= 0.6 is 0 Å². The van der Waals surface area contributed by atoms with Crippen LogP contribution in [0.25, 0.3) is 0 Å². The van der Waals surface area contributed by atoms with Crippen LogP contribution in [0.2, 0.25) is 0 Å². The maximum Gasteiger partial charge on any atom is 0.393 e. The second-order valence-corrected chi connectivity index (χ2v) is 5.59. The zero-order valence-corrected chi connectivity index (χ0v) is 11.5. The molecule has 3 heterocycles. The Morgan fingerprint density at radius 1 is 1.38 bits per heavy atom. The van der Waals surface area contributed by atoms with E-state index in [1.54, 1.807) is 0 Å². The minimum atomic E-state index is -4.24. The fourth-order valence-electron chi connectivity index (χ4n) is 2.98. The van der Waals surface area contributed by atoms with Crippen LogP contribution in [0.15, 0.2) is 0 Å². The van der Waals surface area contributed by atoms with Gasteiger partial charge in [-0.15, -0.1) is 0 Å². The van der Waals surface area contributed by atoms with E-state index in [-0.39, 0.29) is 18.7 Å². The van der Waals surface area contributed by atoms with E-state index < -0.39 is 18.0 Å². The number of carbonyl (C=O) groups excluding carboxylic acids is 1. The summed E-state index contributed by atoms with van der Waals surface area (Å²) in [7, 11) is 0. The van der Waals surface area contributed by atoms with Crippen molar-refractivity contribution in [1.29, 1.82) is 0 Å². The number of nitrogens with one attached hydrogen (secondary N) is 2. The molecule has 0 aromatic carbocycles. The van der Waals surface area contributed by atoms with Gasteiger partial charge in [-0.3, -0.25) is 9.89 Å². The number of hydrogen-bond acceptors (Lipinski definition) is 3. The van der Waals surface area contributed by atoms with E-state index in [1.165, 1.54) is 4.90 Å². The highest BCUT2D eigenvalue weighted by Crippen LogP contribution is 2.33. The fourth-order valence-corrected chi connectivity index (χ4v) is 2.98. The largest absolute Gasteiger partial charge is 0.393 e. The summed E-state index contributed by atoms with van der Waals surface area (Å²) in [6.45, 7) is 1.43. The third-order valence-electron chi connectivity index (χ3n) is 4.18. The highest BCUT2D eigenvalue weighted by Gasteiger charge is 2.43. The molecular weight excluding hydrogens is 285 g/mol. The Labute approximate surface area is 119 Å². The van der Waals surface area contributed by atoms with Gasteiger partial charge in [0.25, 0.3) is 5.91 Å². The summed E-state index contributed by atoms with van der Waals surface area (Å²) in [5.41, 5.74) is 1.96. The van der Waals surface area contributed by atoms with E-state index in [1.807, 2.05) is 0 Å². The van der Waals surface area contributed by atoms with Crippen molar-refractivity contribution < 1.29 is 18.0 Å². The SMILES string of the molecule is O=C(c1n[nH]c2c1CNCC2)N1CCCC(C(F)(F)F)C1. The van der Waals surface area contributed by atoms with Gasteiger partial charge in [0, 0.05) is 43.9 Å². The number of rotatable bonds is 1. The third-order valence-corrected chi connectivity index (χ3v) is 4.18. The monoisotopic (exact) mass is 302 g/mol. The molecule has 0 bridgehead atoms. The summed E-state index contributed by atoms with van der Waals surface area (Å²) in [5, 5.41) is 10.00. The molecule has 1 atom stereocenters. The van der Waals surface area contributed by atoms with Gasteiger partial charge in [0.15, 0.2) is 5.69 Å². The predicted octanol–water partition coefficient (Wildman–Crippen LogP) is 1.47. The minimum absolute atomic E-state index is 0.0908. The first kappa shape index (κ1) is 14.4. The molecule has 0 aliphatic carbocycles. The van der Waals surface area contributed by atoms with Crippen LogP contribution in [0.4, 0.5) is 13.2 Å². The molecule has 3 rings (SSSR count). The van der Waals surface area contributed by atoms with Crippen molar-refractivity contribution >= 4 is 5.91 Å². The van der Waals surface area contributed by atoms with Crippen LogP contribution in [0.1, 0.15) is 34.6 Å². The summed E-state index contributed by atoms with van der Waals surface area (Å²) >= 11 is 0. The number of fused-ring (bicyclic) bond motifs is 1. The topological polar surface area (TPSA) is 61.0 Å². The molecule has 0 radical (unpaired) electrons. The average Bonchev–Trinajstić information content (AvgIpc) is 2.90. The highest BCUT2D eigenvalue weighted by molar-refractivity contribution is 5.94. The van der Waals surface area contributed by atoms with E-state index in [2.05, 4.69) is 15.5 Å². The molecule has 1 saturated heterocycles. The number of amides is 1. The lowest BCUT2D eigenvalue weighted by Gasteiger charge is -2.33. The normalized spacial score (nSPS) is 23.0. The molecule has 116 valence electrons. The molecule has 5 nitrogen and oxygen atoms in total. The Kier molecular flexibility index (Phi) is 3.64. The second-order valence-electron chi connectivity index (χ2n) is 5.59. The molecule has 1 amide bonds. The number of hydrogen-bond donors (Lipinski definition) is 2. The maximum absolute atomic E-state index is 12.8. The van der Waals surface area contributed by atoms with Crippen molar-refractivity contribution in [3.63, 3.8) is 0 Å². The van der Waals surface area contributed by atoms with Crippen LogP contribution in [0, 0.1) is 5.92 Å². The van der Waals surface area contributed by atoms with Crippen molar-refractivity contribution in [2.24, 2.45) is 5.92 Å². The molecule has 1 fully saturated rings. The van der Waals surface area contributed by atoms with Crippen molar-refractivity contribution in [2.75, 3.05) is 19.6 Å². The molecule has 2 N–H and O–H groups in total. The van der Waals surface area contributed by atoms with Gasteiger partial charge < -0.3 is 10.2 Å². The van der Waals surface area contributed by atoms with E-state index in [9.17, 15) is 18.0 Å². The van der Waals surface area contributed by atoms with Crippen LogP contribution in [0.3, 0.4) is 0 Å². The first-order chi connectivity index (χ1) is 9.97. The number of carbonyl (C=O) groups is 1. The summed E-state index contributed by atoms with van der Waals surface area (Å²) in [6, 6.07) is 0. The van der Waals surface area contributed by atoms with E-state index in [4.69, 9.17) is 0 Å². The number of nitrogens with zero attached hydrogens (tertiary/aromatic N) is 2. The molecule has 0 spiro atoms. The molecule has 1 unspecified atom stereocenters. The van der Waals surface area contributed by atoms with Gasteiger partial charge in [0.05, 0.1) is 5.92 Å². The Bertz CT molecular complexity index is 540. The standard InChI is InChI=1S/C13H17F3N4O/c14-13(15,16)8-2-1-5-20(7-8)12(21)11-9-6-17-4-3-10(9)18-19-11/h8,17H,1-7H2,(H,18,19). The van der Waals surface area contributed by atoms with E-state index >= 15 is 0 Å². The van der Waals surface area contributed by atoms with Crippen LogP contribution < -0.4 is 5.32 Å². The van der Waals surface area contributed by atoms with Crippen molar-refractivity contribution in [2.45, 2.75) is 32.0 Å². The van der Waals surface area contributed by atoms with E-state index in [0.717, 1.165) is 24.2 Å². The molecule has 21 heavy (non-hydrogen) atoms. The van der Waals surface area contributed by atoms with Gasteiger partial charge in [-0.05, 0) is 12.8 Å². The number of alkyl halides is 3. The molecule has 0 saturated carbocycles. The number of halogens is 3. The zero-order chi connectivity index (χ0) is 15.0.